The normalized spacial score (nSPS) is 26.2. The molecule has 6 nitrogen and oxygen atoms in total. The molecule has 0 bridgehead atoms. The van der Waals surface area contributed by atoms with E-state index in [0.717, 1.165) is 22.6 Å². The van der Waals surface area contributed by atoms with E-state index >= 15 is 0 Å². The average Bonchev–Trinajstić information content (AvgIpc) is 3.25. The van der Waals surface area contributed by atoms with Crippen LogP contribution in [0.1, 0.15) is 37.2 Å². The highest BCUT2D eigenvalue weighted by Crippen LogP contribution is 2.52. The van der Waals surface area contributed by atoms with Crippen LogP contribution in [0.3, 0.4) is 0 Å². The smallest absolute Gasteiger partial charge is 0.231 e. The summed E-state index contributed by atoms with van der Waals surface area (Å²) in [6.07, 6.45) is -0.240. The SMILES string of the molecule is COc1cc([C@@H]2O[C@H](c3ccc4c(c3)OCO4)[C@H](C)[C@H]2C)cc(O)c1OC. The molecule has 27 heavy (non-hydrogen) atoms. The highest BCUT2D eigenvalue weighted by atomic mass is 16.7. The molecule has 0 amide bonds. The summed E-state index contributed by atoms with van der Waals surface area (Å²) in [5, 5.41) is 10.3. The summed E-state index contributed by atoms with van der Waals surface area (Å²) in [4.78, 5) is 0. The van der Waals surface area contributed by atoms with Gasteiger partial charge < -0.3 is 28.8 Å². The van der Waals surface area contributed by atoms with Crippen LogP contribution in [0.2, 0.25) is 0 Å². The van der Waals surface area contributed by atoms with E-state index in [1.54, 1.807) is 13.2 Å². The molecular formula is C21H24O6. The molecule has 144 valence electrons. The minimum atomic E-state index is -0.166. The Morgan fingerprint density at radius 2 is 1.59 bits per heavy atom. The van der Waals surface area contributed by atoms with Gasteiger partial charge in [-0.05, 0) is 47.2 Å². The first-order valence-corrected chi connectivity index (χ1v) is 9.03. The van der Waals surface area contributed by atoms with Crippen molar-refractivity contribution in [1.29, 1.82) is 0 Å². The lowest BCUT2D eigenvalue weighted by Gasteiger charge is -2.19. The van der Waals surface area contributed by atoms with Gasteiger partial charge >= 0.3 is 0 Å². The van der Waals surface area contributed by atoms with Crippen molar-refractivity contribution < 1.29 is 28.8 Å². The Hall–Kier alpha value is -2.60. The summed E-state index contributed by atoms with van der Waals surface area (Å²) in [5.74, 6) is 2.90. The van der Waals surface area contributed by atoms with Crippen LogP contribution in [0, 0.1) is 11.8 Å². The zero-order chi connectivity index (χ0) is 19.1. The number of hydrogen-bond acceptors (Lipinski definition) is 6. The van der Waals surface area contributed by atoms with E-state index in [4.69, 9.17) is 23.7 Å². The van der Waals surface area contributed by atoms with E-state index in [0.29, 0.717) is 11.5 Å². The van der Waals surface area contributed by atoms with Crippen molar-refractivity contribution in [2.24, 2.45) is 11.8 Å². The van der Waals surface area contributed by atoms with Crippen LogP contribution >= 0.6 is 0 Å². The van der Waals surface area contributed by atoms with Crippen LogP contribution in [0.5, 0.6) is 28.7 Å². The standard InChI is InChI=1S/C21H24O6/c1-11-12(2)20(14-7-15(22)21(24-4)18(9-14)23-3)27-19(11)13-5-6-16-17(8-13)26-10-25-16/h5-9,11-12,19-20,22H,10H2,1-4H3/t11-,12-,19+,20-/m1/s1. The van der Waals surface area contributed by atoms with Gasteiger partial charge in [0.25, 0.3) is 0 Å². The second-order valence-electron chi connectivity index (χ2n) is 7.08. The number of hydrogen-bond donors (Lipinski definition) is 1. The van der Waals surface area contributed by atoms with Gasteiger partial charge in [-0.3, -0.25) is 0 Å². The van der Waals surface area contributed by atoms with Crippen LogP contribution in [0.15, 0.2) is 30.3 Å². The Labute approximate surface area is 158 Å². The van der Waals surface area contributed by atoms with E-state index in [1.165, 1.54) is 7.11 Å². The molecule has 4 rings (SSSR count). The summed E-state index contributed by atoms with van der Waals surface area (Å²) >= 11 is 0. The number of ether oxygens (including phenoxy) is 5. The summed E-state index contributed by atoms with van der Waals surface area (Å²) in [6, 6.07) is 9.50. The highest BCUT2D eigenvalue weighted by molar-refractivity contribution is 5.53. The van der Waals surface area contributed by atoms with Gasteiger partial charge in [-0.2, -0.15) is 0 Å². The van der Waals surface area contributed by atoms with Crippen LogP contribution in [-0.2, 0) is 4.74 Å². The van der Waals surface area contributed by atoms with E-state index < -0.39 is 0 Å². The molecule has 0 unspecified atom stereocenters. The zero-order valence-corrected chi connectivity index (χ0v) is 15.9. The molecule has 1 fully saturated rings. The Morgan fingerprint density at radius 3 is 2.30 bits per heavy atom. The number of aromatic hydroxyl groups is 1. The Balaban J connectivity index is 1.65. The first-order chi connectivity index (χ1) is 13.0. The lowest BCUT2D eigenvalue weighted by Crippen LogP contribution is -2.10. The van der Waals surface area contributed by atoms with Crippen molar-refractivity contribution in [2.75, 3.05) is 21.0 Å². The van der Waals surface area contributed by atoms with Gasteiger partial charge in [0, 0.05) is 0 Å². The molecular weight excluding hydrogens is 348 g/mol. The Bertz CT molecular complexity index is 849. The van der Waals surface area contributed by atoms with Crippen LogP contribution in [0.4, 0.5) is 0 Å². The van der Waals surface area contributed by atoms with Gasteiger partial charge in [-0.15, -0.1) is 0 Å². The molecule has 2 aliphatic heterocycles. The molecule has 1 saturated heterocycles. The zero-order valence-electron chi connectivity index (χ0n) is 15.9. The molecule has 2 aromatic rings. The monoisotopic (exact) mass is 372 g/mol. The lowest BCUT2D eigenvalue weighted by molar-refractivity contribution is 0.0287. The fourth-order valence-corrected chi connectivity index (χ4v) is 3.94. The fraction of sp³-hybridized carbons (Fsp3) is 0.429. The third kappa shape index (κ3) is 2.94. The van der Waals surface area contributed by atoms with E-state index in [2.05, 4.69) is 13.8 Å². The fourth-order valence-electron chi connectivity index (χ4n) is 3.94. The number of methoxy groups -OCH3 is 2. The van der Waals surface area contributed by atoms with Gasteiger partial charge in [-0.1, -0.05) is 19.9 Å². The van der Waals surface area contributed by atoms with Crippen molar-refractivity contribution in [2.45, 2.75) is 26.1 Å². The quantitative estimate of drug-likeness (QED) is 0.867. The van der Waals surface area contributed by atoms with Gasteiger partial charge in [0.1, 0.15) is 0 Å². The predicted octanol–water partition coefficient (Wildman–Crippen LogP) is 4.22. The van der Waals surface area contributed by atoms with Crippen LogP contribution in [0.25, 0.3) is 0 Å². The first kappa shape index (κ1) is 17.8. The number of benzene rings is 2. The maximum absolute atomic E-state index is 10.3. The summed E-state index contributed by atoms with van der Waals surface area (Å²) in [5.41, 5.74) is 1.93. The first-order valence-electron chi connectivity index (χ1n) is 9.03. The van der Waals surface area contributed by atoms with Crippen molar-refractivity contribution in [3.05, 3.63) is 41.5 Å². The highest BCUT2D eigenvalue weighted by Gasteiger charge is 2.41. The minimum Gasteiger partial charge on any atom is -0.504 e. The minimum absolute atomic E-state index is 0.0434. The van der Waals surface area contributed by atoms with Gasteiger partial charge in [0.2, 0.25) is 12.5 Å². The summed E-state index contributed by atoms with van der Waals surface area (Å²) < 4.78 is 27.9. The van der Waals surface area contributed by atoms with Crippen molar-refractivity contribution in [3.8, 4) is 28.7 Å². The number of phenols is 1. The number of fused-ring (bicyclic) bond motifs is 1. The number of rotatable bonds is 4. The molecule has 1 N–H and O–H groups in total. The van der Waals surface area contributed by atoms with E-state index in [1.807, 2.05) is 24.3 Å². The molecule has 0 radical (unpaired) electrons. The van der Waals surface area contributed by atoms with E-state index in [-0.39, 0.29) is 36.6 Å². The maximum atomic E-state index is 10.3. The predicted molar refractivity (Wildman–Crippen MR) is 98.7 cm³/mol. The Kier molecular flexibility index (Phi) is 4.52. The van der Waals surface area contributed by atoms with Gasteiger partial charge in [0.15, 0.2) is 23.0 Å². The molecule has 0 spiro atoms. The molecule has 2 heterocycles. The second-order valence-corrected chi connectivity index (χ2v) is 7.08. The number of phenolic OH excluding ortho intramolecular Hbond substituents is 1. The Morgan fingerprint density at radius 1 is 0.889 bits per heavy atom. The van der Waals surface area contributed by atoms with Crippen molar-refractivity contribution in [3.63, 3.8) is 0 Å². The molecule has 0 aromatic heterocycles. The molecule has 0 saturated carbocycles. The third-order valence-corrected chi connectivity index (χ3v) is 5.61. The third-order valence-electron chi connectivity index (χ3n) is 5.61. The second kappa shape index (κ2) is 6.85. The topological polar surface area (TPSA) is 66.4 Å². The van der Waals surface area contributed by atoms with Gasteiger partial charge in [0.05, 0.1) is 26.4 Å². The largest absolute Gasteiger partial charge is 0.504 e. The van der Waals surface area contributed by atoms with Crippen molar-refractivity contribution in [1.82, 2.24) is 0 Å². The molecule has 2 aromatic carbocycles. The van der Waals surface area contributed by atoms with Gasteiger partial charge in [-0.25, -0.2) is 0 Å². The summed E-state index contributed by atoms with van der Waals surface area (Å²) in [7, 11) is 3.06. The van der Waals surface area contributed by atoms with Crippen LogP contribution < -0.4 is 18.9 Å². The lowest BCUT2D eigenvalue weighted by atomic mass is 9.85. The molecule has 2 aliphatic rings. The van der Waals surface area contributed by atoms with Crippen molar-refractivity contribution >= 4 is 0 Å². The molecule has 6 heteroatoms. The maximum Gasteiger partial charge on any atom is 0.231 e. The summed E-state index contributed by atoms with van der Waals surface area (Å²) in [6.45, 7) is 4.60. The molecule has 4 atom stereocenters. The van der Waals surface area contributed by atoms with Crippen LogP contribution in [-0.4, -0.2) is 26.1 Å². The molecule has 0 aliphatic carbocycles. The average molecular weight is 372 g/mol. The van der Waals surface area contributed by atoms with E-state index in [9.17, 15) is 5.11 Å².